The highest BCUT2D eigenvalue weighted by Crippen LogP contribution is 2.33. The fourth-order valence-corrected chi connectivity index (χ4v) is 4.68. The topological polar surface area (TPSA) is 75.3 Å². The molecular formula is C16H25N2O3S. The summed E-state index contributed by atoms with van der Waals surface area (Å²) in [5.41, 5.74) is 0. The predicted molar refractivity (Wildman–Crippen MR) is 87.7 cm³/mol. The van der Waals surface area contributed by atoms with E-state index >= 15 is 0 Å². The van der Waals surface area contributed by atoms with Crippen LogP contribution in [0.5, 0.6) is 0 Å². The van der Waals surface area contributed by atoms with Crippen LogP contribution in [-0.2, 0) is 9.59 Å². The molecule has 0 aromatic carbocycles. The van der Waals surface area contributed by atoms with Crippen LogP contribution >= 0.6 is 11.8 Å². The Morgan fingerprint density at radius 2 is 1.91 bits per heavy atom. The molecule has 2 aliphatic rings. The number of hydrogen-bond acceptors (Lipinski definition) is 4. The van der Waals surface area contributed by atoms with Crippen molar-refractivity contribution in [1.82, 2.24) is 10.6 Å². The summed E-state index contributed by atoms with van der Waals surface area (Å²) in [5, 5.41) is 6.42. The summed E-state index contributed by atoms with van der Waals surface area (Å²) in [6.07, 6.45) is 9.39. The van der Waals surface area contributed by atoms with Gasteiger partial charge in [0, 0.05) is 30.3 Å². The number of unbranched alkanes of at least 4 members (excludes halogenated alkanes) is 4. The van der Waals surface area contributed by atoms with E-state index < -0.39 is 0 Å². The smallest absolute Gasteiger partial charge is 0.315 e. The molecule has 2 rings (SSSR count). The van der Waals surface area contributed by atoms with Crippen molar-refractivity contribution in [2.24, 2.45) is 0 Å². The number of Topliss-reactive ketones (excluding diaryl/α,β-unsaturated/α-hetero) is 1. The second-order valence-corrected chi connectivity index (χ2v) is 7.38. The average molecular weight is 325 g/mol. The fourth-order valence-electron chi connectivity index (χ4n) is 3.13. The Morgan fingerprint density at radius 3 is 2.68 bits per heavy atom. The second-order valence-electron chi connectivity index (χ2n) is 6.11. The largest absolute Gasteiger partial charge is 0.332 e. The number of rotatable bonds is 11. The van der Waals surface area contributed by atoms with Gasteiger partial charge in [-0.2, -0.15) is 11.8 Å². The van der Waals surface area contributed by atoms with Crippen LogP contribution in [0.1, 0.15) is 57.8 Å². The second kappa shape index (κ2) is 9.18. The van der Waals surface area contributed by atoms with Crippen molar-refractivity contribution in [3.63, 3.8) is 0 Å². The molecule has 0 aliphatic carbocycles. The van der Waals surface area contributed by atoms with Gasteiger partial charge in [0.15, 0.2) is 6.29 Å². The molecule has 2 aliphatic heterocycles. The Labute approximate surface area is 136 Å². The highest BCUT2D eigenvalue weighted by molar-refractivity contribution is 8.00. The Kier molecular flexibility index (Phi) is 7.22. The van der Waals surface area contributed by atoms with Crippen LogP contribution in [0, 0.1) is 0 Å². The third-order valence-electron chi connectivity index (χ3n) is 4.37. The zero-order chi connectivity index (χ0) is 15.8. The Bertz CT molecular complexity index is 403. The minimum Gasteiger partial charge on any atom is -0.332 e. The molecule has 1 radical (unpaired) electrons. The van der Waals surface area contributed by atoms with Gasteiger partial charge in [-0.3, -0.25) is 9.59 Å². The van der Waals surface area contributed by atoms with E-state index in [1.807, 2.05) is 18.0 Å². The third-order valence-corrected chi connectivity index (χ3v) is 5.88. The van der Waals surface area contributed by atoms with Gasteiger partial charge in [0.2, 0.25) is 0 Å². The first-order chi connectivity index (χ1) is 10.7. The van der Waals surface area contributed by atoms with Gasteiger partial charge in [0.05, 0.1) is 12.1 Å². The quantitative estimate of drug-likeness (QED) is 0.452. The van der Waals surface area contributed by atoms with Crippen LogP contribution in [0.4, 0.5) is 4.79 Å². The van der Waals surface area contributed by atoms with Crippen molar-refractivity contribution < 1.29 is 14.4 Å². The summed E-state index contributed by atoms with van der Waals surface area (Å²) in [4.78, 5) is 33.1. The monoisotopic (exact) mass is 325 g/mol. The van der Waals surface area contributed by atoms with Gasteiger partial charge in [-0.25, -0.2) is 4.79 Å². The van der Waals surface area contributed by atoms with E-state index in [0.29, 0.717) is 30.3 Å². The number of hydrogen-bond donors (Lipinski definition) is 2. The van der Waals surface area contributed by atoms with Crippen molar-refractivity contribution in [2.75, 3.05) is 5.75 Å². The van der Waals surface area contributed by atoms with E-state index in [2.05, 4.69) is 10.6 Å². The van der Waals surface area contributed by atoms with E-state index in [-0.39, 0.29) is 18.1 Å². The lowest BCUT2D eigenvalue weighted by Crippen LogP contribution is -2.36. The van der Waals surface area contributed by atoms with Crippen LogP contribution in [-0.4, -0.2) is 41.2 Å². The van der Waals surface area contributed by atoms with Gasteiger partial charge in [0.1, 0.15) is 5.78 Å². The molecule has 6 heteroatoms. The SMILES string of the molecule is O=[C]CCCCCC(=O)CCCC[C@@H]1SC[C@@H]2NC(=O)N[C@@H]21. The van der Waals surface area contributed by atoms with Gasteiger partial charge in [-0.1, -0.05) is 12.8 Å². The Balaban J connectivity index is 1.49. The molecule has 22 heavy (non-hydrogen) atoms. The minimum atomic E-state index is -0.0392. The summed E-state index contributed by atoms with van der Waals surface area (Å²) in [6, 6.07) is 0.512. The van der Waals surface area contributed by atoms with Crippen LogP contribution in [0.25, 0.3) is 0 Å². The molecule has 2 fully saturated rings. The van der Waals surface area contributed by atoms with Gasteiger partial charge in [0.25, 0.3) is 0 Å². The first kappa shape index (κ1) is 17.3. The lowest BCUT2D eigenvalue weighted by molar-refractivity contribution is -0.119. The number of urea groups is 1. The van der Waals surface area contributed by atoms with E-state index in [9.17, 15) is 14.4 Å². The molecule has 0 unspecified atom stereocenters. The molecule has 2 amide bonds. The van der Waals surface area contributed by atoms with Crippen LogP contribution < -0.4 is 10.6 Å². The molecule has 5 nitrogen and oxygen atoms in total. The molecule has 2 heterocycles. The minimum absolute atomic E-state index is 0.0392. The van der Waals surface area contributed by atoms with Gasteiger partial charge in [-0.05, 0) is 25.7 Å². The van der Waals surface area contributed by atoms with Crippen LogP contribution in [0.2, 0.25) is 0 Å². The molecule has 2 saturated heterocycles. The first-order valence-corrected chi connectivity index (χ1v) is 9.31. The highest BCUT2D eigenvalue weighted by Gasteiger charge is 2.42. The van der Waals surface area contributed by atoms with E-state index in [4.69, 9.17) is 0 Å². The lowest BCUT2D eigenvalue weighted by atomic mass is 10.0. The maximum atomic E-state index is 11.7. The molecule has 0 bridgehead atoms. The third kappa shape index (κ3) is 5.30. The maximum absolute atomic E-state index is 11.7. The van der Waals surface area contributed by atoms with Crippen molar-refractivity contribution in [2.45, 2.75) is 75.1 Å². The Hall–Kier alpha value is -1.04. The number of ketones is 1. The predicted octanol–water partition coefficient (Wildman–Crippen LogP) is 2.34. The number of carbonyl (C=O) groups is 2. The molecule has 0 saturated carbocycles. The molecule has 0 aromatic rings. The maximum Gasteiger partial charge on any atom is 0.315 e. The molecule has 3 atom stereocenters. The summed E-state index contributed by atoms with van der Waals surface area (Å²) < 4.78 is 0. The zero-order valence-corrected chi connectivity index (χ0v) is 13.8. The number of fused-ring (bicyclic) bond motifs is 1. The van der Waals surface area contributed by atoms with Crippen molar-refractivity contribution >= 4 is 29.9 Å². The van der Waals surface area contributed by atoms with Crippen molar-refractivity contribution in [1.29, 1.82) is 0 Å². The summed E-state index contributed by atoms with van der Waals surface area (Å²) >= 11 is 1.92. The zero-order valence-electron chi connectivity index (χ0n) is 12.9. The normalized spacial score (nSPS) is 26.4. The van der Waals surface area contributed by atoms with Crippen molar-refractivity contribution in [3.05, 3.63) is 0 Å². The summed E-state index contributed by atoms with van der Waals surface area (Å²) in [7, 11) is 0. The molecule has 123 valence electrons. The number of nitrogens with one attached hydrogen (secondary N) is 2. The van der Waals surface area contributed by atoms with Gasteiger partial charge in [-0.15, -0.1) is 0 Å². The summed E-state index contributed by atoms with van der Waals surface area (Å²) in [6.45, 7) is 0. The number of thioether (sulfide) groups is 1. The lowest BCUT2D eigenvalue weighted by Gasteiger charge is -2.16. The van der Waals surface area contributed by atoms with Gasteiger partial charge >= 0.3 is 6.03 Å². The van der Waals surface area contributed by atoms with Crippen LogP contribution in [0.3, 0.4) is 0 Å². The number of carbonyl (C=O) groups excluding carboxylic acids is 3. The van der Waals surface area contributed by atoms with E-state index in [0.717, 1.165) is 44.3 Å². The standard InChI is InChI=1S/C16H25N2O3S/c19-10-6-2-1-3-7-12(20)8-4-5-9-14-15-13(11-22-14)17-16(21)18-15/h13-15H,1-9,11H2,(H2,17,18,21)/t13-,14-,15-/m0/s1. The van der Waals surface area contributed by atoms with Crippen LogP contribution in [0.15, 0.2) is 0 Å². The molecular weight excluding hydrogens is 300 g/mol. The summed E-state index contributed by atoms with van der Waals surface area (Å²) in [5.74, 6) is 1.33. The molecule has 0 aromatic heterocycles. The van der Waals surface area contributed by atoms with E-state index in [1.165, 1.54) is 0 Å². The van der Waals surface area contributed by atoms with Gasteiger partial charge < -0.3 is 10.6 Å². The average Bonchev–Trinajstić information content (AvgIpc) is 3.03. The number of amides is 2. The van der Waals surface area contributed by atoms with E-state index in [1.54, 1.807) is 0 Å². The molecule has 0 spiro atoms. The Morgan fingerprint density at radius 1 is 1.14 bits per heavy atom. The highest BCUT2D eigenvalue weighted by atomic mass is 32.2. The fraction of sp³-hybridized carbons (Fsp3) is 0.812. The van der Waals surface area contributed by atoms with Crippen molar-refractivity contribution in [3.8, 4) is 0 Å². The molecule has 2 N–H and O–H groups in total. The first-order valence-electron chi connectivity index (χ1n) is 8.26.